The lowest BCUT2D eigenvalue weighted by Gasteiger charge is -2.09. The fourth-order valence-corrected chi connectivity index (χ4v) is 1.84. The van der Waals surface area contributed by atoms with E-state index in [1.165, 1.54) is 0 Å². The van der Waals surface area contributed by atoms with E-state index in [4.69, 9.17) is 4.74 Å². The highest BCUT2D eigenvalue weighted by Crippen LogP contribution is 2.28. The number of aliphatic hydroxyl groups excluding tert-OH is 1. The summed E-state index contributed by atoms with van der Waals surface area (Å²) in [7, 11) is 1.62. The van der Waals surface area contributed by atoms with Crippen molar-refractivity contribution >= 4 is 15.9 Å². The molecule has 0 spiro atoms. The van der Waals surface area contributed by atoms with Gasteiger partial charge in [0.1, 0.15) is 5.75 Å². The second-order valence-corrected chi connectivity index (χ2v) is 4.44. The normalized spacial score (nSPS) is 12.1. The number of aliphatic hydroxyl groups is 1. The lowest BCUT2D eigenvalue weighted by molar-refractivity contribution is 0.227. The molecule has 0 aliphatic heterocycles. The minimum Gasteiger partial charge on any atom is -0.496 e. The van der Waals surface area contributed by atoms with Crippen molar-refractivity contribution in [2.24, 2.45) is 0 Å². The van der Waals surface area contributed by atoms with Gasteiger partial charge in [-0.2, -0.15) is 0 Å². The first-order valence-corrected chi connectivity index (χ1v) is 5.50. The van der Waals surface area contributed by atoms with Crippen molar-refractivity contribution in [1.29, 1.82) is 0 Å². The maximum atomic E-state index is 9.84. The van der Waals surface area contributed by atoms with Crippen molar-refractivity contribution < 1.29 is 9.84 Å². The third-order valence-electron chi connectivity index (χ3n) is 2.01. The molecule has 0 bridgehead atoms. The largest absolute Gasteiger partial charge is 0.496 e. The van der Waals surface area contributed by atoms with Crippen LogP contribution in [0.4, 0.5) is 0 Å². The molecule has 3 heteroatoms. The van der Waals surface area contributed by atoms with E-state index >= 15 is 0 Å². The van der Waals surface area contributed by atoms with Gasteiger partial charge in [-0.3, -0.25) is 0 Å². The van der Waals surface area contributed by atoms with Crippen LogP contribution in [0.3, 0.4) is 0 Å². The molecule has 1 aromatic carbocycles. The van der Waals surface area contributed by atoms with Crippen molar-refractivity contribution in [3.8, 4) is 5.75 Å². The van der Waals surface area contributed by atoms with E-state index in [1.54, 1.807) is 7.11 Å². The Morgan fingerprint density at radius 1 is 1.47 bits per heavy atom. The van der Waals surface area contributed by atoms with E-state index in [0.29, 0.717) is 0 Å². The third kappa shape index (κ3) is 3.36. The lowest BCUT2D eigenvalue weighted by Crippen LogP contribution is -1.95. The van der Waals surface area contributed by atoms with E-state index in [-0.39, 0.29) is 0 Å². The molecule has 0 saturated heterocycles. The fraction of sp³-hybridized carbons (Fsp3) is 0.333. The van der Waals surface area contributed by atoms with Crippen LogP contribution in [0.5, 0.6) is 5.75 Å². The predicted octanol–water partition coefficient (Wildman–Crippen LogP) is 3.46. The molecule has 0 saturated carbocycles. The van der Waals surface area contributed by atoms with Gasteiger partial charge < -0.3 is 9.84 Å². The molecular formula is C12H15BrO2. The summed E-state index contributed by atoms with van der Waals surface area (Å²) in [6.07, 6.45) is 1.26. The van der Waals surface area contributed by atoms with Gasteiger partial charge in [-0.1, -0.05) is 17.7 Å². The van der Waals surface area contributed by atoms with Gasteiger partial charge in [0.15, 0.2) is 0 Å². The topological polar surface area (TPSA) is 29.5 Å². The summed E-state index contributed by atoms with van der Waals surface area (Å²) >= 11 is 3.39. The number of methoxy groups -OCH3 is 1. The summed E-state index contributed by atoms with van der Waals surface area (Å²) in [5.74, 6) is 0.767. The Hall–Kier alpha value is -0.800. The molecule has 0 aliphatic carbocycles. The van der Waals surface area contributed by atoms with E-state index in [1.807, 2.05) is 38.1 Å². The molecule has 0 aliphatic rings. The summed E-state index contributed by atoms with van der Waals surface area (Å²) in [5, 5.41) is 9.84. The van der Waals surface area contributed by atoms with Crippen molar-refractivity contribution in [2.45, 2.75) is 20.0 Å². The zero-order valence-corrected chi connectivity index (χ0v) is 10.7. The van der Waals surface area contributed by atoms with Gasteiger partial charge in [0.05, 0.1) is 17.7 Å². The first kappa shape index (κ1) is 12.3. The number of ether oxygens (including phenoxy) is 1. The van der Waals surface area contributed by atoms with Crippen LogP contribution < -0.4 is 4.74 Å². The number of rotatable bonds is 3. The minimum atomic E-state index is -0.558. The predicted molar refractivity (Wildman–Crippen MR) is 65.1 cm³/mol. The van der Waals surface area contributed by atoms with Gasteiger partial charge >= 0.3 is 0 Å². The second kappa shape index (κ2) is 5.33. The smallest absolute Gasteiger partial charge is 0.133 e. The van der Waals surface area contributed by atoms with Crippen molar-refractivity contribution in [1.82, 2.24) is 0 Å². The van der Waals surface area contributed by atoms with Gasteiger partial charge in [0, 0.05) is 0 Å². The Bertz CT molecular complexity index is 368. The molecule has 0 radical (unpaired) electrons. The lowest BCUT2D eigenvalue weighted by atomic mass is 10.1. The molecule has 15 heavy (non-hydrogen) atoms. The molecule has 0 heterocycles. The standard InChI is InChI=1S/C12H15BrO2/c1-8(2)6-11(14)9-4-5-12(15-3)10(13)7-9/h4-7,11,14H,1-3H3. The van der Waals surface area contributed by atoms with Gasteiger partial charge in [0.2, 0.25) is 0 Å². The number of allylic oxidation sites excluding steroid dienone is 1. The Kier molecular flexibility index (Phi) is 4.36. The Balaban J connectivity index is 2.97. The molecule has 82 valence electrons. The van der Waals surface area contributed by atoms with E-state index in [9.17, 15) is 5.11 Å². The van der Waals surface area contributed by atoms with Crippen LogP contribution in [0.25, 0.3) is 0 Å². The van der Waals surface area contributed by atoms with Crippen LogP contribution in [0.15, 0.2) is 34.3 Å². The molecule has 1 aromatic rings. The number of halogens is 1. The zero-order valence-electron chi connectivity index (χ0n) is 9.12. The summed E-state index contributed by atoms with van der Waals surface area (Å²) in [4.78, 5) is 0. The highest BCUT2D eigenvalue weighted by atomic mass is 79.9. The second-order valence-electron chi connectivity index (χ2n) is 3.58. The Labute approximate surface area is 98.7 Å². The monoisotopic (exact) mass is 270 g/mol. The summed E-state index contributed by atoms with van der Waals surface area (Å²) in [6, 6.07) is 5.55. The van der Waals surface area contributed by atoms with E-state index in [2.05, 4.69) is 15.9 Å². The van der Waals surface area contributed by atoms with Gasteiger partial charge in [-0.05, 0) is 47.5 Å². The van der Waals surface area contributed by atoms with Gasteiger partial charge in [-0.15, -0.1) is 0 Å². The number of hydrogen-bond acceptors (Lipinski definition) is 2. The van der Waals surface area contributed by atoms with Crippen molar-refractivity contribution in [2.75, 3.05) is 7.11 Å². The van der Waals surface area contributed by atoms with Crippen LogP contribution in [-0.2, 0) is 0 Å². The summed E-state index contributed by atoms with van der Waals surface area (Å²) in [6.45, 7) is 3.92. The fourth-order valence-electron chi connectivity index (χ4n) is 1.28. The maximum absolute atomic E-state index is 9.84. The van der Waals surface area contributed by atoms with Crippen LogP contribution in [0.2, 0.25) is 0 Å². The molecule has 0 aromatic heterocycles. The molecule has 1 unspecified atom stereocenters. The van der Waals surface area contributed by atoms with Gasteiger partial charge in [-0.25, -0.2) is 0 Å². The number of benzene rings is 1. The highest BCUT2D eigenvalue weighted by molar-refractivity contribution is 9.10. The molecule has 2 nitrogen and oxygen atoms in total. The molecule has 1 atom stereocenters. The van der Waals surface area contributed by atoms with Crippen LogP contribution in [-0.4, -0.2) is 12.2 Å². The minimum absolute atomic E-state index is 0.558. The average Bonchev–Trinajstić information content (AvgIpc) is 2.16. The van der Waals surface area contributed by atoms with E-state index < -0.39 is 6.10 Å². The first-order chi connectivity index (χ1) is 7.04. The number of hydrogen-bond donors (Lipinski definition) is 1. The van der Waals surface area contributed by atoms with Crippen LogP contribution >= 0.6 is 15.9 Å². The Morgan fingerprint density at radius 3 is 2.60 bits per heavy atom. The molecule has 0 fully saturated rings. The molecular weight excluding hydrogens is 256 g/mol. The zero-order chi connectivity index (χ0) is 11.4. The highest BCUT2D eigenvalue weighted by Gasteiger charge is 2.07. The van der Waals surface area contributed by atoms with Crippen molar-refractivity contribution in [3.63, 3.8) is 0 Å². The van der Waals surface area contributed by atoms with Crippen LogP contribution in [0, 0.1) is 0 Å². The van der Waals surface area contributed by atoms with E-state index in [0.717, 1.165) is 21.4 Å². The SMILES string of the molecule is COc1ccc(C(O)C=C(C)C)cc1Br. The summed E-state index contributed by atoms with van der Waals surface area (Å²) < 4.78 is 5.97. The molecule has 1 N–H and O–H groups in total. The van der Waals surface area contributed by atoms with Crippen molar-refractivity contribution in [3.05, 3.63) is 39.9 Å². The maximum Gasteiger partial charge on any atom is 0.133 e. The van der Waals surface area contributed by atoms with Gasteiger partial charge in [0.25, 0.3) is 0 Å². The summed E-state index contributed by atoms with van der Waals surface area (Å²) in [5.41, 5.74) is 1.94. The quantitative estimate of drug-likeness (QED) is 0.853. The van der Waals surface area contributed by atoms with Crippen LogP contribution in [0.1, 0.15) is 25.5 Å². The third-order valence-corrected chi connectivity index (χ3v) is 2.63. The molecule has 0 amide bonds. The molecule has 1 rings (SSSR count). The first-order valence-electron chi connectivity index (χ1n) is 4.71. The Morgan fingerprint density at radius 2 is 2.13 bits per heavy atom. The average molecular weight is 271 g/mol.